The lowest BCUT2D eigenvalue weighted by molar-refractivity contribution is 0.0694. The van der Waals surface area contributed by atoms with Crippen LogP contribution in [0.1, 0.15) is 16.8 Å². The number of carboxylic acid groups (broad SMARTS) is 1. The van der Waals surface area contributed by atoms with Gasteiger partial charge in [-0.1, -0.05) is 0 Å². The third kappa shape index (κ3) is 3.39. The molecule has 1 saturated heterocycles. The number of hydrogen-bond donors (Lipinski definition) is 3. The minimum absolute atomic E-state index is 0.203. The molecule has 1 aromatic carbocycles. The molecule has 0 aromatic heterocycles. The van der Waals surface area contributed by atoms with Gasteiger partial charge in [-0.3, -0.25) is 0 Å². The highest BCUT2D eigenvalue weighted by Crippen LogP contribution is 2.22. The summed E-state index contributed by atoms with van der Waals surface area (Å²) in [6.45, 7) is 2.24. The van der Waals surface area contributed by atoms with Gasteiger partial charge in [0.2, 0.25) is 0 Å². The van der Waals surface area contributed by atoms with E-state index in [0.717, 1.165) is 6.42 Å². The molecule has 7 heteroatoms. The van der Waals surface area contributed by atoms with Crippen molar-refractivity contribution in [2.45, 2.75) is 6.42 Å². The van der Waals surface area contributed by atoms with Crippen molar-refractivity contribution in [3.8, 4) is 5.75 Å². The van der Waals surface area contributed by atoms with Crippen LogP contribution in [0.2, 0.25) is 0 Å². The molecule has 1 aliphatic rings. The lowest BCUT2D eigenvalue weighted by atomic mass is 10.2. The maximum absolute atomic E-state index is 12.0. The van der Waals surface area contributed by atoms with E-state index in [2.05, 4.69) is 5.32 Å². The number of benzene rings is 1. The summed E-state index contributed by atoms with van der Waals surface area (Å²) in [5, 5.41) is 21.0. The number of carbonyl (C=O) groups is 2. The SMILES string of the molecule is O=C(O)c1ccc(NC(=O)N2CCCOCC2)cc1O. The minimum atomic E-state index is -1.22. The number of nitrogens with zero attached hydrogens (tertiary/aromatic N) is 1. The first-order chi connectivity index (χ1) is 9.58. The van der Waals surface area contributed by atoms with Gasteiger partial charge >= 0.3 is 12.0 Å². The van der Waals surface area contributed by atoms with Gasteiger partial charge in [0.05, 0.1) is 6.61 Å². The zero-order chi connectivity index (χ0) is 14.5. The third-order valence-corrected chi connectivity index (χ3v) is 2.99. The molecular formula is C13H16N2O5. The molecule has 0 spiro atoms. The Balaban J connectivity index is 2.03. The normalized spacial score (nSPS) is 15.5. The third-order valence-electron chi connectivity index (χ3n) is 2.99. The number of amides is 2. The van der Waals surface area contributed by atoms with E-state index in [1.54, 1.807) is 4.90 Å². The van der Waals surface area contributed by atoms with Crippen molar-refractivity contribution in [2.24, 2.45) is 0 Å². The summed E-state index contributed by atoms with van der Waals surface area (Å²) < 4.78 is 5.26. The Morgan fingerprint density at radius 1 is 1.25 bits per heavy atom. The Bertz CT molecular complexity index is 509. The van der Waals surface area contributed by atoms with E-state index >= 15 is 0 Å². The lowest BCUT2D eigenvalue weighted by Crippen LogP contribution is -2.36. The van der Waals surface area contributed by atoms with Crippen LogP contribution in [0.5, 0.6) is 5.75 Å². The minimum Gasteiger partial charge on any atom is -0.507 e. The second kappa shape index (κ2) is 6.25. The Labute approximate surface area is 115 Å². The van der Waals surface area contributed by atoms with Gasteiger partial charge < -0.3 is 25.2 Å². The van der Waals surface area contributed by atoms with E-state index in [1.165, 1.54) is 18.2 Å². The molecular weight excluding hydrogens is 264 g/mol. The number of carboxylic acids is 1. The molecule has 0 bridgehead atoms. The second-order valence-corrected chi connectivity index (χ2v) is 4.42. The average Bonchev–Trinajstić information content (AvgIpc) is 2.67. The van der Waals surface area contributed by atoms with Crippen LogP contribution < -0.4 is 5.32 Å². The largest absolute Gasteiger partial charge is 0.507 e. The van der Waals surface area contributed by atoms with Gasteiger partial charge in [0.1, 0.15) is 11.3 Å². The molecule has 0 aliphatic carbocycles. The van der Waals surface area contributed by atoms with Gasteiger partial charge in [-0.25, -0.2) is 9.59 Å². The standard InChI is InChI=1S/C13H16N2O5/c16-11-8-9(2-3-10(11)12(17)18)14-13(19)15-4-1-6-20-7-5-15/h2-3,8,16H,1,4-7H2,(H,14,19)(H,17,18). The molecule has 1 fully saturated rings. The first-order valence-electron chi connectivity index (χ1n) is 6.28. The molecule has 0 unspecified atom stereocenters. The summed E-state index contributed by atoms with van der Waals surface area (Å²) in [5.41, 5.74) is 0.147. The number of urea groups is 1. The molecule has 0 atom stereocenters. The first kappa shape index (κ1) is 14.1. The van der Waals surface area contributed by atoms with Crippen LogP contribution in [0.25, 0.3) is 0 Å². The Morgan fingerprint density at radius 2 is 2.05 bits per heavy atom. The van der Waals surface area contributed by atoms with Gasteiger partial charge in [-0.05, 0) is 18.6 Å². The summed E-state index contributed by atoms with van der Waals surface area (Å²) >= 11 is 0. The maximum atomic E-state index is 12.0. The van der Waals surface area contributed by atoms with Crippen molar-refractivity contribution in [1.82, 2.24) is 4.90 Å². The first-order valence-corrected chi connectivity index (χ1v) is 6.28. The summed E-state index contributed by atoms with van der Waals surface area (Å²) in [7, 11) is 0. The van der Waals surface area contributed by atoms with Crippen molar-refractivity contribution < 1.29 is 24.5 Å². The smallest absolute Gasteiger partial charge is 0.339 e. The van der Waals surface area contributed by atoms with E-state index < -0.39 is 5.97 Å². The molecule has 20 heavy (non-hydrogen) atoms. The van der Waals surface area contributed by atoms with Crippen LogP contribution >= 0.6 is 0 Å². The zero-order valence-corrected chi connectivity index (χ0v) is 10.8. The van der Waals surface area contributed by atoms with Gasteiger partial charge in [0.25, 0.3) is 0 Å². The van der Waals surface area contributed by atoms with Gasteiger partial charge in [-0.2, -0.15) is 0 Å². The van der Waals surface area contributed by atoms with Crippen LogP contribution in [0.4, 0.5) is 10.5 Å². The lowest BCUT2D eigenvalue weighted by Gasteiger charge is -2.20. The van der Waals surface area contributed by atoms with Crippen molar-refractivity contribution >= 4 is 17.7 Å². The number of anilines is 1. The summed E-state index contributed by atoms with van der Waals surface area (Å²) in [4.78, 5) is 24.4. The number of aromatic hydroxyl groups is 1. The van der Waals surface area contributed by atoms with Crippen LogP contribution in [0.15, 0.2) is 18.2 Å². The van der Waals surface area contributed by atoms with Gasteiger partial charge in [0, 0.05) is 31.5 Å². The highest BCUT2D eigenvalue weighted by atomic mass is 16.5. The van der Waals surface area contributed by atoms with Crippen LogP contribution in [-0.2, 0) is 4.74 Å². The highest BCUT2D eigenvalue weighted by Gasteiger charge is 2.16. The van der Waals surface area contributed by atoms with E-state index in [9.17, 15) is 14.7 Å². The number of phenols is 1. The number of rotatable bonds is 2. The Morgan fingerprint density at radius 3 is 2.75 bits per heavy atom. The molecule has 1 aliphatic heterocycles. The number of aromatic carboxylic acids is 1. The molecule has 0 saturated carbocycles. The second-order valence-electron chi connectivity index (χ2n) is 4.42. The Hall–Kier alpha value is -2.28. The van der Waals surface area contributed by atoms with E-state index in [1.807, 2.05) is 0 Å². The quantitative estimate of drug-likeness (QED) is 0.759. The number of nitrogens with one attached hydrogen (secondary N) is 1. The Kier molecular flexibility index (Phi) is 4.41. The van der Waals surface area contributed by atoms with Crippen molar-refractivity contribution in [1.29, 1.82) is 0 Å². The number of hydrogen-bond acceptors (Lipinski definition) is 4. The van der Waals surface area contributed by atoms with E-state index in [4.69, 9.17) is 9.84 Å². The number of carbonyl (C=O) groups excluding carboxylic acids is 1. The number of ether oxygens (including phenoxy) is 1. The van der Waals surface area contributed by atoms with Gasteiger partial charge in [-0.15, -0.1) is 0 Å². The highest BCUT2D eigenvalue weighted by molar-refractivity contribution is 5.93. The average molecular weight is 280 g/mol. The van der Waals surface area contributed by atoms with Crippen LogP contribution in [0.3, 0.4) is 0 Å². The molecule has 1 heterocycles. The van der Waals surface area contributed by atoms with E-state index in [0.29, 0.717) is 32.0 Å². The molecule has 2 rings (SSSR count). The topological polar surface area (TPSA) is 99.1 Å². The summed E-state index contributed by atoms with van der Waals surface area (Å²) in [6.07, 6.45) is 0.774. The predicted molar refractivity (Wildman–Crippen MR) is 71.1 cm³/mol. The molecule has 2 amide bonds. The summed E-state index contributed by atoms with van der Waals surface area (Å²) in [5.74, 6) is -1.60. The molecule has 7 nitrogen and oxygen atoms in total. The molecule has 0 radical (unpaired) electrons. The van der Waals surface area contributed by atoms with E-state index in [-0.39, 0.29) is 17.3 Å². The fraction of sp³-hybridized carbons (Fsp3) is 0.385. The fourth-order valence-electron chi connectivity index (χ4n) is 1.94. The monoisotopic (exact) mass is 280 g/mol. The van der Waals surface area contributed by atoms with Crippen molar-refractivity contribution in [3.63, 3.8) is 0 Å². The predicted octanol–water partition coefficient (Wildman–Crippen LogP) is 1.34. The molecule has 1 aromatic rings. The van der Waals surface area contributed by atoms with Crippen LogP contribution in [0, 0.1) is 0 Å². The maximum Gasteiger partial charge on any atom is 0.339 e. The van der Waals surface area contributed by atoms with Crippen molar-refractivity contribution in [3.05, 3.63) is 23.8 Å². The van der Waals surface area contributed by atoms with Crippen molar-refractivity contribution in [2.75, 3.05) is 31.6 Å². The molecule has 108 valence electrons. The van der Waals surface area contributed by atoms with Crippen LogP contribution in [-0.4, -0.2) is 53.4 Å². The zero-order valence-electron chi connectivity index (χ0n) is 10.8. The summed E-state index contributed by atoms with van der Waals surface area (Å²) in [6, 6.07) is 3.61. The fourth-order valence-corrected chi connectivity index (χ4v) is 1.94. The molecule has 3 N–H and O–H groups in total. The van der Waals surface area contributed by atoms with Gasteiger partial charge in [0.15, 0.2) is 0 Å².